The van der Waals surface area contributed by atoms with E-state index in [4.69, 9.17) is 34.8 Å². The van der Waals surface area contributed by atoms with E-state index in [-0.39, 0.29) is 12.4 Å². The zero-order chi connectivity index (χ0) is 18.1. The fourth-order valence-corrected chi connectivity index (χ4v) is 3.61. The van der Waals surface area contributed by atoms with Gasteiger partial charge in [-0.2, -0.15) is 0 Å². The van der Waals surface area contributed by atoms with Crippen LogP contribution in [0.4, 0.5) is 0 Å². The van der Waals surface area contributed by atoms with Crippen molar-refractivity contribution < 1.29 is 17.0 Å². The minimum atomic E-state index is 0. The van der Waals surface area contributed by atoms with Crippen molar-refractivity contribution in [3.8, 4) is 0 Å². The second-order valence-corrected chi connectivity index (χ2v) is 7.62. The molecule has 1 heterocycles. The molecule has 0 aliphatic carbocycles. The Labute approximate surface area is 175 Å². The van der Waals surface area contributed by atoms with E-state index in [1.165, 1.54) is 16.7 Å². The van der Waals surface area contributed by atoms with E-state index in [0.717, 1.165) is 39.5 Å². The lowest BCUT2D eigenvalue weighted by Crippen LogP contribution is -3.00. The number of hydrogen-bond acceptors (Lipinski definition) is 0. The Morgan fingerprint density at radius 2 is 1.38 bits per heavy atom. The molecule has 3 aromatic rings. The van der Waals surface area contributed by atoms with Gasteiger partial charge >= 0.3 is 0 Å². The topological polar surface area (TPSA) is 8.81 Å². The molecule has 0 fully saturated rings. The van der Waals surface area contributed by atoms with Crippen molar-refractivity contribution in [2.24, 2.45) is 0 Å². The summed E-state index contributed by atoms with van der Waals surface area (Å²) >= 11 is 18.7. The molecule has 1 aromatic heterocycles. The summed E-state index contributed by atoms with van der Waals surface area (Å²) in [5.41, 5.74) is 5.82. The Hall–Kier alpha value is -1.19. The van der Waals surface area contributed by atoms with Crippen LogP contribution < -0.4 is 17.0 Å². The van der Waals surface area contributed by atoms with Gasteiger partial charge in [-0.05, 0) is 72.0 Å². The van der Waals surface area contributed by atoms with Crippen molar-refractivity contribution in [2.45, 2.75) is 33.9 Å². The predicted octanol–water partition coefficient (Wildman–Crippen LogP) is 2.76. The lowest BCUT2D eigenvalue weighted by Gasteiger charge is -2.05. The maximum absolute atomic E-state index is 6.57. The van der Waals surface area contributed by atoms with Crippen molar-refractivity contribution in [1.82, 2.24) is 4.57 Å². The first kappa shape index (κ1) is 21.1. The summed E-state index contributed by atoms with van der Waals surface area (Å²) in [4.78, 5) is 0. The van der Waals surface area contributed by atoms with Crippen LogP contribution in [0.1, 0.15) is 27.9 Å². The van der Waals surface area contributed by atoms with Crippen molar-refractivity contribution in [3.63, 3.8) is 0 Å². The highest BCUT2D eigenvalue weighted by Crippen LogP contribution is 2.20. The first-order valence-electron chi connectivity index (χ1n) is 8.10. The molecule has 0 saturated carbocycles. The van der Waals surface area contributed by atoms with Crippen molar-refractivity contribution in [2.75, 3.05) is 0 Å². The maximum Gasteiger partial charge on any atom is 0.245 e. The highest BCUT2D eigenvalue weighted by atomic mass is 35.5. The third-order valence-electron chi connectivity index (χ3n) is 4.55. The van der Waals surface area contributed by atoms with Gasteiger partial charge in [0.1, 0.15) is 13.1 Å². The number of benzene rings is 2. The molecule has 0 aliphatic heterocycles. The molecule has 0 amide bonds. The second-order valence-electron chi connectivity index (χ2n) is 6.39. The highest BCUT2D eigenvalue weighted by molar-refractivity contribution is 6.31. The Bertz CT molecular complexity index is 858. The summed E-state index contributed by atoms with van der Waals surface area (Å²) in [7, 11) is 0. The number of nitrogens with zero attached hydrogens (tertiary/aromatic N) is 2. The zero-order valence-corrected chi connectivity index (χ0v) is 17.9. The Morgan fingerprint density at radius 3 is 1.92 bits per heavy atom. The molecule has 3 rings (SSSR count). The maximum atomic E-state index is 6.57. The smallest absolute Gasteiger partial charge is 0.245 e. The lowest BCUT2D eigenvalue weighted by molar-refractivity contribution is -0.685. The summed E-state index contributed by atoms with van der Waals surface area (Å²) in [6.07, 6.45) is 2.07. The molecular weight excluding hydrogens is 410 g/mol. The fraction of sp³-hybridized carbons (Fsp3) is 0.250. The Kier molecular flexibility index (Phi) is 7.04. The summed E-state index contributed by atoms with van der Waals surface area (Å²) in [6.45, 7) is 7.67. The molecule has 138 valence electrons. The molecule has 0 unspecified atom stereocenters. The number of rotatable bonds is 4. The van der Waals surface area contributed by atoms with Gasteiger partial charge in [-0.15, -0.1) is 0 Å². The van der Waals surface area contributed by atoms with Gasteiger partial charge in [-0.25, -0.2) is 9.13 Å². The van der Waals surface area contributed by atoms with E-state index in [9.17, 15) is 0 Å². The number of aromatic nitrogens is 2. The molecule has 0 spiro atoms. The number of imidazole rings is 1. The molecule has 0 saturated heterocycles. The number of halogens is 4. The fourth-order valence-electron chi connectivity index (χ4n) is 2.94. The van der Waals surface area contributed by atoms with Crippen molar-refractivity contribution in [1.29, 1.82) is 0 Å². The zero-order valence-electron chi connectivity index (χ0n) is 14.9. The van der Waals surface area contributed by atoms with E-state index in [2.05, 4.69) is 41.4 Å². The van der Waals surface area contributed by atoms with Crippen molar-refractivity contribution >= 4 is 34.8 Å². The van der Waals surface area contributed by atoms with Gasteiger partial charge in [0.2, 0.25) is 11.5 Å². The molecule has 26 heavy (non-hydrogen) atoms. The van der Waals surface area contributed by atoms with Gasteiger partial charge < -0.3 is 12.4 Å². The van der Waals surface area contributed by atoms with Crippen LogP contribution in [0.2, 0.25) is 15.2 Å². The van der Waals surface area contributed by atoms with E-state index in [1.807, 2.05) is 31.2 Å². The monoisotopic (exact) mass is 428 g/mol. The SMILES string of the molecule is Cc1cc(Cl)ccc1Cn1c[n+](Cc2ccc(Cl)cc2C)c(Cl)c1C.[Cl-]. The van der Waals surface area contributed by atoms with Gasteiger partial charge in [0.15, 0.2) is 5.69 Å². The molecule has 2 aromatic carbocycles. The van der Waals surface area contributed by atoms with Crippen LogP contribution in [0.15, 0.2) is 42.7 Å². The number of hydrogen-bond donors (Lipinski definition) is 0. The molecule has 2 nitrogen and oxygen atoms in total. The highest BCUT2D eigenvalue weighted by Gasteiger charge is 2.19. The van der Waals surface area contributed by atoms with Gasteiger partial charge in [0, 0.05) is 17.0 Å². The average Bonchev–Trinajstić information content (AvgIpc) is 2.81. The Balaban J connectivity index is 0.00000243. The molecule has 6 heteroatoms. The van der Waals surface area contributed by atoms with Gasteiger partial charge in [-0.3, -0.25) is 0 Å². The molecule has 0 atom stereocenters. The second kappa shape index (κ2) is 8.67. The summed E-state index contributed by atoms with van der Waals surface area (Å²) in [5, 5.41) is 2.27. The van der Waals surface area contributed by atoms with Gasteiger partial charge in [-0.1, -0.05) is 35.3 Å². The predicted molar refractivity (Wildman–Crippen MR) is 105 cm³/mol. The lowest BCUT2D eigenvalue weighted by atomic mass is 10.1. The van der Waals surface area contributed by atoms with Crippen LogP contribution >= 0.6 is 34.8 Å². The van der Waals surface area contributed by atoms with Crippen molar-refractivity contribution in [3.05, 3.63) is 85.9 Å². The largest absolute Gasteiger partial charge is 1.00 e. The normalized spacial score (nSPS) is 10.7. The minimum absolute atomic E-state index is 0. The van der Waals surface area contributed by atoms with Crippen LogP contribution in [0, 0.1) is 20.8 Å². The van der Waals surface area contributed by atoms with E-state index < -0.39 is 0 Å². The van der Waals surface area contributed by atoms with Crippen LogP contribution in [-0.2, 0) is 13.1 Å². The van der Waals surface area contributed by atoms with E-state index in [1.54, 1.807) is 0 Å². The van der Waals surface area contributed by atoms with Gasteiger partial charge in [0.25, 0.3) is 0 Å². The van der Waals surface area contributed by atoms with Gasteiger partial charge in [0.05, 0.1) is 0 Å². The van der Waals surface area contributed by atoms with Crippen LogP contribution in [0.3, 0.4) is 0 Å². The molecule has 0 bridgehead atoms. The first-order chi connectivity index (χ1) is 11.8. The molecule has 0 radical (unpaired) electrons. The molecular formula is C20H20Cl4N2. The summed E-state index contributed by atoms with van der Waals surface area (Å²) in [5.74, 6) is 0. The first-order valence-corrected chi connectivity index (χ1v) is 9.23. The third-order valence-corrected chi connectivity index (χ3v) is 5.51. The molecule has 0 aliphatic rings. The van der Waals surface area contributed by atoms with Crippen LogP contribution in [0.5, 0.6) is 0 Å². The van der Waals surface area contributed by atoms with E-state index in [0.29, 0.717) is 0 Å². The number of aryl methyl sites for hydroxylation is 2. The Morgan fingerprint density at radius 1 is 0.846 bits per heavy atom. The summed E-state index contributed by atoms with van der Waals surface area (Å²) < 4.78 is 4.24. The van der Waals surface area contributed by atoms with Crippen LogP contribution in [0.25, 0.3) is 0 Å². The summed E-state index contributed by atoms with van der Waals surface area (Å²) in [6, 6.07) is 11.9. The third kappa shape index (κ3) is 4.55. The van der Waals surface area contributed by atoms with E-state index >= 15 is 0 Å². The van der Waals surface area contributed by atoms with Crippen LogP contribution in [-0.4, -0.2) is 4.57 Å². The molecule has 0 N–H and O–H groups in total. The standard InChI is InChI=1S/C20H20Cl3N2.ClH/c1-13-8-18(21)6-4-16(13)10-24-12-25(20(23)15(24)3)11-17-5-7-19(22)9-14(17)2;/h4-9,12H,10-11H2,1-3H3;1H/q+1;/p-1. The quantitative estimate of drug-likeness (QED) is 0.564. The minimum Gasteiger partial charge on any atom is -1.00 e. The average molecular weight is 430 g/mol.